The predicted octanol–water partition coefficient (Wildman–Crippen LogP) is 5.17. The Hall–Kier alpha value is -3.09. The number of anilines is 2. The number of nitrogens with zero attached hydrogens (tertiary/aromatic N) is 2. The van der Waals surface area contributed by atoms with Gasteiger partial charge in [0.25, 0.3) is 0 Å². The largest absolute Gasteiger partial charge is 0.507 e. The minimum atomic E-state index is -0.189. The molecule has 4 rings (SSSR count). The number of phenols is 1. The number of rotatable bonds is 4. The van der Waals surface area contributed by atoms with Gasteiger partial charge in [0.15, 0.2) is 0 Å². The highest BCUT2D eigenvalue weighted by molar-refractivity contribution is 6.34. The molecular formula is C25H29ClN4O2. The van der Waals surface area contributed by atoms with Crippen LogP contribution < -0.4 is 15.5 Å². The van der Waals surface area contributed by atoms with Crippen molar-refractivity contribution >= 4 is 28.9 Å². The average molecular weight is 453 g/mol. The summed E-state index contributed by atoms with van der Waals surface area (Å²) in [5, 5.41) is 17.5. The zero-order valence-corrected chi connectivity index (χ0v) is 19.4. The van der Waals surface area contributed by atoms with E-state index < -0.39 is 0 Å². The first kappa shape index (κ1) is 23.6. The molecule has 2 aromatic carbocycles. The lowest BCUT2D eigenvalue weighted by Crippen LogP contribution is -2.43. The van der Waals surface area contributed by atoms with Crippen molar-refractivity contribution < 1.29 is 9.90 Å². The fourth-order valence-electron chi connectivity index (χ4n) is 3.65. The number of carbonyl (C=O) groups excluding carboxylic acids is 1. The molecule has 0 saturated carbocycles. The molecule has 3 aromatic rings. The first-order valence-corrected chi connectivity index (χ1v) is 11.2. The first-order valence-electron chi connectivity index (χ1n) is 10.8. The molecule has 1 aliphatic heterocycles. The van der Waals surface area contributed by atoms with Crippen molar-refractivity contribution in [3.05, 3.63) is 59.9 Å². The van der Waals surface area contributed by atoms with Crippen LogP contribution in [0.25, 0.3) is 22.3 Å². The molecule has 0 radical (unpaired) electrons. The monoisotopic (exact) mass is 452 g/mol. The number of carbonyl (C=O) groups is 1. The van der Waals surface area contributed by atoms with E-state index in [0.717, 1.165) is 43.0 Å². The van der Waals surface area contributed by atoms with E-state index in [0.29, 0.717) is 21.8 Å². The molecule has 0 atom stereocenters. The second kappa shape index (κ2) is 11.0. The number of phenolic OH excluding ortho intramolecular Hbond substituents is 1. The number of hydrogen-bond acceptors (Lipinski definition) is 5. The number of halogens is 1. The van der Waals surface area contributed by atoms with E-state index in [1.165, 1.54) is 6.92 Å². The number of nitrogens with one attached hydrogen (secondary N) is 2. The van der Waals surface area contributed by atoms with Crippen molar-refractivity contribution in [1.29, 1.82) is 0 Å². The van der Waals surface area contributed by atoms with Crippen LogP contribution in [0.4, 0.5) is 11.4 Å². The van der Waals surface area contributed by atoms with Crippen LogP contribution in [-0.4, -0.2) is 42.2 Å². The highest BCUT2D eigenvalue weighted by atomic mass is 35.5. The Morgan fingerprint density at radius 2 is 1.75 bits per heavy atom. The van der Waals surface area contributed by atoms with E-state index >= 15 is 0 Å². The minimum Gasteiger partial charge on any atom is -0.507 e. The van der Waals surface area contributed by atoms with Crippen LogP contribution in [0.15, 0.2) is 54.9 Å². The van der Waals surface area contributed by atoms with Crippen LogP contribution in [0.3, 0.4) is 0 Å². The van der Waals surface area contributed by atoms with Gasteiger partial charge in [-0.2, -0.15) is 0 Å². The van der Waals surface area contributed by atoms with Crippen molar-refractivity contribution in [1.82, 2.24) is 10.3 Å². The average Bonchev–Trinajstić information content (AvgIpc) is 2.82. The van der Waals surface area contributed by atoms with Crippen LogP contribution in [0.2, 0.25) is 5.02 Å². The third-order valence-corrected chi connectivity index (χ3v) is 5.46. The minimum absolute atomic E-state index is 0.167. The quantitative estimate of drug-likeness (QED) is 0.509. The Morgan fingerprint density at radius 1 is 1.06 bits per heavy atom. The van der Waals surface area contributed by atoms with Gasteiger partial charge in [-0.05, 0) is 23.8 Å². The van der Waals surface area contributed by atoms with Gasteiger partial charge in [0.1, 0.15) is 5.75 Å². The molecule has 1 fully saturated rings. The summed E-state index contributed by atoms with van der Waals surface area (Å²) < 4.78 is 0. The van der Waals surface area contributed by atoms with Crippen molar-refractivity contribution in [2.45, 2.75) is 20.8 Å². The molecule has 0 aliphatic carbocycles. The highest BCUT2D eigenvalue weighted by Crippen LogP contribution is 2.40. The van der Waals surface area contributed by atoms with Gasteiger partial charge >= 0.3 is 0 Å². The summed E-state index contributed by atoms with van der Waals surface area (Å²) in [5.41, 5.74) is 4.57. The number of para-hydroxylation sites is 1. The third kappa shape index (κ3) is 5.39. The van der Waals surface area contributed by atoms with Gasteiger partial charge in [-0.3, -0.25) is 9.78 Å². The molecule has 0 spiro atoms. The van der Waals surface area contributed by atoms with E-state index in [9.17, 15) is 9.90 Å². The molecular weight excluding hydrogens is 424 g/mol. The Bertz CT molecular complexity index is 1080. The number of piperazine rings is 1. The van der Waals surface area contributed by atoms with Gasteiger partial charge in [-0.25, -0.2) is 0 Å². The van der Waals surface area contributed by atoms with Crippen molar-refractivity contribution in [3.8, 4) is 28.0 Å². The lowest BCUT2D eigenvalue weighted by molar-refractivity contribution is -0.114. The fraction of sp³-hybridized carbons (Fsp3) is 0.280. The zero-order chi connectivity index (χ0) is 23.1. The molecule has 0 bridgehead atoms. The Labute approximate surface area is 194 Å². The third-order valence-electron chi connectivity index (χ3n) is 5.14. The maximum absolute atomic E-state index is 11.3. The molecule has 1 aliphatic rings. The number of benzene rings is 2. The van der Waals surface area contributed by atoms with Gasteiger partial charge in [0.2, 0.25) is 5.91 Å². The van der Waals surface area contributed by atoms with Crippen molar-refractivity contribution in [3.63, 3.8) is 0 Å². The fourth-order valence-corrected chi connectivity index (χ4v) is 3.88. The normalized spacial score (nSPS) is 13.2. The summed E-state index contributed by atoms with van der Waals surface area (Å²) in [6.07, 6.45) is 3.62. The summed E-state index contributed by atoms with van der Waals surface area (Å²) in [7, 11) is 0. The van der Waals surface area contributed by atoms with Crippen LogP contribution in [0, 0.1) is 0 Å². The number of pyridine rings is 1. The molecule has 3 N–H and O–H groups in total. The van der Waals surface area contributed by atoms with E-state index in [2.05, 4.69) is 26.6 Å². The smallest absolute Gasteiger partial charge is 0.221 e. The molecule has 1 saturated heterocycles. The summed E-state index contributed by atoms with van der Waals surface area (Å²) in [4.78, 5) is 18.0. The maximum Gasteiger partial charge on any atom is 0.221 e. The Kier molecular flexibility index (Phi) is 8.09. The van der Waals surface area contributed by atoms with E-state index in [1.807, 2.05) is 44.3 Å². The summed E-state index contributed by atoms with van der Waals surface area (Å²) >= 11 is 6.32. The Balaban J connectivity index is 0.00000141. The van der Waals surface area contributed by atoms with Gasteiger partial charge in [-0.15, -0.1) is 0 Å². The molecule has 6 nitrogen and oxygen atoms in total. The van der Waals surface area contributed by atoms with Gasteiger partial charge in [0, 0.05) is 56.0 Å². The predicted molar refractivity (Wildman–Crippen MR) is 133 cm³/mol. The maximum atomic E-state index is 11.3. The Morgan fingerprint density at radius 3 is 2.41 bits per heavy atom. The molecule has 0 unspecified atom stereocenters. The highest BCUT2D eigenvalue weighted by Gasteiger charge is 2.15. The summed E-state index contributed by atoms with van der Waals surface area (Å²) in [6.45, 7) is 9.18. The van der Waals surface area contributed by atoms with Crippen LogP contribution in [0.1, 0.15) is 20.8 Å². The molecule has 1 aromatic heterocycles. The van der Waals surface area contributed by atoms with Crippen LogP contribution in [0.5, 0.6) is 5.75 Å². The van der Waals surface area contributed by atoms with E-state index in [-0.39, 0.29) is 11.7 Å². The molecule has 2 heterocycles. The lowest BCUT2D eigenvalue weighted by atomic mass is 9.97. The first-order chi connectivity index (χ1) is 15.5. The van der Waals surface area contributed by atoms with Gasteiger partial charge in [0.05, 0.1) is 22.6 Å². The second-order valence-electron chi connectivity index (χ2n) is 7.25. The molecule has 7 heteroatoms. The van der Waals surface area contributed by atoms with Gasteiger partial charge in [-0.1, -0.05) is 49.7 Å². The topological polar surface area (TPSA) is 77.5 Å². The lowest BCUT2D eigenvalue weighted by Gasteiger charge is -2.29. The summed E-state index contributed by atoms with van der Waals surface area (Å²) in [6, 6.07) is 13.0. The molecule has 32 heavy (non-hydrogen) atoms. The number of hydrogen-bond donors (Lipinski definition) is 3. The SMILES string of the molecule is CC.CC(=O)Nc1ccc(-c2cccc(-c3cncc(N4CCNCC4)c3)c2O)cc1Cl. The molecule has 168 valence electrons. The number of aromatic hydroxyl groups is 1. The van der Waals surface area contributed by atoms with Crippen LogP contribution in [-0.2, 0) is 4.79 Å². The van der Waals surface area contributed by atoms with Gasteiger partial charge < -0.3 is 20.6 Å². The van der Waals surface area contributed by atoms with Crippen molar-refractivity contribution in [2.24, 2.45) is 0 Å². The number of amides is 1. The number of aromatic nitrogens is 1. The second-order valence-corrected chi connectivity index (χ2v) is 7.65. The zero-order valence-electron chi connectivity index (χ0n) is 18.7. The van der Waals surface area contributed by atoms with E-state index in [1.54, 1.807) is 18.3 Å². The van der Waals surface area contributed by atoms with E-state index in [4.69, 9.17) is 11.6 Å². The standard InChI is InChI=1S/C23H23ClN4O2.C2H6/c1-15(29)27-22-6-5-16(12-21(22)24)19-3-2-4-20(23(19)30)17-11-18(14-26-13-17)28-9-7-25-8-10-28;1-2/h2-6,11-14,25,30H,7-10H2,1H3,(H,27,29);1-2H3. The summed E-state index contributed by atoms with van der Waals surface area (Å²) in [5.74, 6) is -0.0218. The van der Waals surface area contributed by atoms with Crippen molar-refractivity contribution in [2.75, 3.05) is 36.4 Å². The van der Waals surface area contributed by atoms with Crippen LogP contribution >= 0.6 is 11.6 Å². The molecule has 1 amide bonds.